The molecule has 0 spiro atoms. The van der Waals surface area contributed by atoms with Crippen LogP contribution in [-0.4, -0.2) is 19.0 Å². The number of hydrogen-bond acceptors (Lipinski definition) is 2. The van der Waals surface area contributed by atoms with E-state index in [1.165, 1.54) is 11.1 Å². The maximum atomic E-state index is 11.6. The summed E-state index contributed by atoms with van der Waals surface area (Å²) in [5.74, 6) is 0.143. The number of nitrogens with one attached hydrogen (secondary N) is 1. The van der Waals surface area contributed by atoms with E-state index in [4.69, 9.17) is 5.73 Å². The van der Waals surface area contributed by atoms with Gasteiger partial charge in [0, 0.05) is 13.0 Å². The Labute approximate surface area is 110 Å². The third kappa shape index (κ3) is 6.40. The van der Waals surface area contributed by atoms with Crippen LogP contribution in [0.15, 0.2) is 24.3 Å². The molecule has 1 aromatic rings. The summed E-state index contributed by atoms with van der Waals surface area (Å²) in [5.41, 5.74) is 7.88. The standard InChI is InChI=1S/C15H24N2O/c1-13-6-5-7-14(12-13)8-9-15(18)17-11-4-2-3-10-16/h5-7,12H,2-4,8-11,16H2,1H3,(H,17,18). The number of nitrogens with two attached hydrogens (primary N) is 1. The molecule has 3 nitrogen and oxygen atoms in total. The Morgan fingerprint density at radius 3 is 2.83 bits per heavy atom. The van der Waals surface area contributed by atoms with Gasteiger partial charge in [-0.25, -0.2) is 0 Å². The zero-order valence-electron chi connectivity index (χ0n) is 11.2. The van der Waals surface area contributed by atoms with Crippen molar-refractivity contribution in [3.8, 4) is 0 Å². The predicted molar refractivity (Wildman–Crippen MR) is 75.4 cm³/mol. The third-order valence-corrected chi connectivity index (χ3v) is 2.93. The van der Waals surface area contributed by atoms with E-state index in [2.05, 4.69) is 30.4 Å². The molecule has 100 valence electrons. The predicted octanol–water partition coefficient (Wildman–Crippen LogP) is 2.17. The van der Waals surface area contributed by atoms with Crippen LogP contribution in [0.4, 0.5) is 0 Å². The third-order valence-electron chi connectivity index (χ3n) is 2.93. The molecule has 3 N–H and O–H groups in total. The van der Waals surface area contributed by atoms with E-state index in [-0.39, 0.29) is 5.91 Å². The number of hydrogen-bond donors (Lipinski definition) is 2. The summed E-state index contributed by atoms with van der Waals surface area (Å²) in [6, 6.07) is 8.31. The Bertz CT molecular complexity index is 363. The first kappa shape index (κ1) is 14.7. The van der Waals surface area contributed by atoms with E-state index in [0.29, 0.717) is 6.42 Å². The topological polar surface area (TPSA) is 55.1 Å². The van der Waals surface area contributed by atoms with Crippen molar-refractivity contribution in [1.82, 2.24) is 5.32 Å². The van der Waals surface area contributed by atoms with E-state index < -0.39 is 0 Å². The molecule has 0 fully saturated rings. The SMILES string of the molecule is Cc1cccc(CCC(=O)NCCCCCN)c1. The quantitative estimate of drug-likeness (QED) is 0.693. The molecule has 1 rings (SSSR count). The molecule has 3 heteroatoms. The van der Waals surface area contributed by atoms with Crippen molar-refractivity contribution >= 4 is 5.91 Å². The summed E-state index contributed by atoms with van der Waals surface area (Å²) in [4.78, 5) is 11.6. The van der Waals surface area contributed by atoms with Gasteiger partial charge in [-0.2, -0.15) is 0 Å². The second kappa shape index (κ2) is 8.70. The Kier molecular flexibility index (Phi) is 7.11. The summed E-state index contributed by atoms with van der Waals surface area (Å²) in [6.07, 6.45) is 4.54. The van der Waals surface area contributed by atoms with Gasteiger partial charge in [-0.15, -0.1) is 0 Å². The molecule has 0 bridgehead atoms. The summed E-state index contributed by atoms with van der Waals surface area (Å²) in [7, 11) is 0. The van der Waals surface area contributed by atoms with Crippen molar-refractivity contribution in [2.45, 2.75) is 39.0 Å². The van der Waals surface area contributed by atoms with Crippen molar-refractivity contribution in [3.05, 3.63) is 35.4 Å². The Morgan fingerprint density at radius 2 is 2.11 bits per heavy atom. The van der Waals surface area contributed by atoms with Crippen LogP contribution in [0.25, 0.3) is 0 Å². The molecule has 0 radical (unpaired) electrons. The zero-order chi connectivity index (χ0) is 13.2. The highest BCUT2D eigenvalue weighted by Crippen LogP contribution is 2.06. The molecule has 0 saturated carbocycles. The molecule has 0 unspecified atom stereocenters. The van der Waals surface area contributed by atoms with Crippen molar-refractivity contribution in [3.63, 3.8) is 0 Å². The van der Waals surface area contributed by atoms with Crippen LogP contribution in [-0.2, 0) is 11.2 Å². The van der Waals surface area contributed by atoms with Crippen LogP contribution in [0.3, 0.4) is 0 Å². The van der Waals surface area contributed by atoms with Crippen molar-refractivity contribution < 1.29 is 4.79 Å². The van der Waals surface area contributed by atoms with E-state index in [9.17, 15) is 4.79 Å². The van der Waals surface area contributed by atoms with Gasteiger partial charge in [0.15, 0.2) is 0 Å². The first-order valence-corrected chi connectivity index (χ1v) is 6.74. The van der Waals surface area contributed by atoms with Gasteiger partial charge in [-0.3, -0.25) is 4.79 Å². The molecule has 0 atom stereocenters. The smallest absolute Gasteiger partial charge is 0.220 e. The molecule has 1 amide bonds. The Balaban J connectivity index is 2.13. The fraction of sp³-hybridized carbons (Fsp3) is 0.533. The second-order valence-electron chi connectivity index (χ2n) is 4.69. The van der Waals surface area contributed by atoms with Crippen LogP contribution in [0.1, 0.15) is 36.8 Å². The highest BCUT2D eigenvalue weighted by atomic mass is 16.1. The molecule has 0 heterocycles. The van der Waals surface area contributed by atoms with E-state index in [1.807, 2.05) is 6.07 Å². The summed E-state index contributed by atoms with van der Waals surface area (Å²) in [5, 5.41) is 2.95. The number of unbranched alkanes of at least 4 members (excludes halogenated alkanes) is 2. The lowest BCUT2D eigenvalue weighted by Crippen LogP contribution is -2.24. The molecular formula is C15H24N2O. The summed E-state index contributed by atoms with van der Waals surface area (Å²) < 4.78 is 0. The Morgan fingerprint density at radius 1 is 1.28 bits per heavy atom. The van der Waals surface area contributed by atoms with Crippen molar-refractivity contribution in [2.75, 3.05) is 13.1 Å². The number of rotatable bonds is 8. The molecule has 18 heavy (non-hydrogen) atoms. The van der Waals surface area contributed by atoms with Gasteiger partial charge in [0.1, 0.15) is 0 Å². The van der Waals surface area contributed by atoms with Crippen LogP contribution in [0, 0.1) is 6.92 Å². The van der Waals surface area contributed by atoms with Gasteiger partial charge >= 0.3 is 0 Å². The average molecular weight is 248 g/mol. The monoisotopic (exact) mass is 248 g/mol. The second-order valence-corrected chi connectivity index (χ2v) is 4.69. The lowest BCUT2D eigenvalue weighted by atomic mass is 10.1. The molecule has 1 aromatic carbocycles. The Hall–Kier alpha value is -1.35. The minimum Gasteiger partial charge on any atom is -0.356 e. The summed E-state index contributed by atoms with van der Waals surface area (Å²) in [6.45, 7) is 3.58. The number of carbonyl (C=O) groups excluding carboxylic acids is 1. The first-order valence-electron chi connectivity index (χ1n) is 6.74. The maximum absolute atomic E-state index is 11.6. The maximum Gasteiger partial charge on any atom is 0.220 e. The molecule has 0 aliphatic carbocycles. The molecule has 0 aliphatic rings. The van der Waals surface area contributed by atoms with Gasteiger partial charge in [-0.05, 0) is 38.3 Å². The molecule has 0 saturated heterocycles. The van der Waals surface area contributed by atoms with Gasteiger partial charge < -0.3 is 11.1 Å². The lowest BCUT2D eigenvalue weighted by Gasteiger charge is -2.05. The molecule has 0 aliphatic heterocycles. The van der Waals surface area contributed by atoms with E-state index >= 15 is 0 Å². The van der Waals surface area contributed by atoms with Crippen LogP contribution < -0.4 is 11.1 Å². The molecular weight excluding hydrogens is 224 g/mol. The van der Waals surface area contributed by atoms with Crippen LogP contribution >= 0.6 is 0 Å². The van der Waals surface area contributed by atoms with Gasteiger partial charge in [0.2, 0.25) is 5.91 Å². The number of aryl methyl sites for hydroxylation is 2. The fourth-order valence-corrected chi connectivity index (χ4v) is 1.89. The lowest BCUT2D eigenvalue weighted by molar-refractivity contribution is -0.121. The minimum absolute atomic E-state index is 0.143. The van der Waals surface area contributed by atoms with Crippen LogP contribution in [0.5, 0.6) is 0 Å². The highest BCUT2D eigenvalue weighted by Gasteiger charge is 2.01. The van der Waals surface area contributed by atoms with Crippen LogP contribution in [0.2, 0.25) is 0 Å². The van der Waals surface area contributed by atoms with Crippen molar-refractivity contribution in [1.29, 1.82) is 0 Å². The largest absolute Gasteiger partial charge is 0.356 e. The minimum atomic E-state index is 0.143. The van der Waals surface area contributed by atoms with E-state index in [0.717, 1.165) is 38.8 Å². The number of carbonyl (C=O) groups is 1. The zero-order valence-corrected chi connectivity index (χ0v) is 11.2. The number of benzene rings is 1. The van der Waals surface area contributed by atoms with Gasteiger partial charge in [0.25, 0.3) is 0 Å². The number of amides is 1. The van der Waals surface area contributed by atoms with Gasteiger partial charge in [0.05, 0.1) is 0 Å². The summed E-state index contributed by atoms with van der Waals surface area (Å²) >= 11 is 0. The fourth-order valence-electron chi connectivity index (χ4n) is 1.89. The molecule has 0 aromatic heterocycles. The first-order chi connectivity index (χ1) is 8.72. The van der Waals surface area contributed by atoms with Gasteiger partial charge in [-0.1, -0.05) is 36.2 Å². The normalized spacial score (nSPS) is 10.3. The highest BCUT2D eigenvalue weighted by molar-refractivity contribution is 5.76. The van der Waals surface area contributed by atoms with Crippen molar-refractivity contribution in [2.24, 2.45) is 5.73 Å². The van der Waals surface area contributed by atoms with E-state index in [1.54, 1.807) is 0 Å². The average Bonchev–Trinajstić information content (AvgIpc) is 2.36.